The van der Waals surface area contributed by atoms with Crippen molar-refractivity contribution in [3.05, 3.63) is 53.1 Å². The maximum atomic E-state index is 5.56. The van der Waals surface area contributed by atoms with Gasteiger partial charge in [0.2, 0.25) is 6.79 Å². The lowest BCUT2D eigenvalue weighted by molar-refractivity contribution is 0.174. The van der Waals surface area contributed by atoms with Gasteiger partial charge in [0.05, 0.1) is 7.11 Å². The van der Waals surface area contributed by atoms with Crippen LogP contribution in [0.2, 0.25) is 0 Å². The highest BCUT2D eigenvalue weighted by atomic mass is 16.7. The van der Waals surface area contributed by atoms with Crippen molar-refractivity contribution < 1.29 is 14.2 Å². The van der Waals surface area contributed by atoms with E-state index in [4.69, 9.17) is 14.2 Å². The van der Waals surface area contributed by atoms with Crippen molar-refractivity contribution in [2.45, 2.75) is 25.8 Å². The number of nitrogens with zero attached hydrogens (tertiary/aromatic N) is 1. The Morgan fingerprint density at radius 1 is 0.958 bits per heavy atom. The number of benzene rings is 2. The van der Waals surface area contributed by atoms with E-state index in [2.05, 4.69) is 35.2 Å². The quantitative estimate of drug-likeness (QED) is 0.840. The second-order valence-corrected chi connectivity index (χ2v) is 6.49. The zero-order valence-electron chi connectivity index (χ0n) is 14.1. The number of likely N-dealkylation sites (tertiary alicyclic amines) is 1. The Hall–Kier alpha value is -2.20. The molecule has 4 heteroatoms. The van der Waals surface area contributed by atoms with Gasteiger partial charge in [0.1, 0.15) is 5.75 Å². The van der Waals surface area contributed by atoms with Gasteiger partial charge in [-0.3, -0.25) is 4.90 Å². The summed E-state index contributed by atoms with van der Waals surface area (Å²) >= 11 is 0. The van der Waals surface area contributed by atoms with Crippen molar-refractivity contribution >= 4 is 0 Å². The molecule has 2 aromatic carbocycles. The molecule has 1 saturated heterocycles. The van der Waals surface area contributed by atoms with Crippen molar-refractivity contribution in [2.24, 2.45) is 0 Å². The Balaban J connectivity index is 1.54. The fourth-order valence-electron chi connectivity index (χ4n) is 3.53. The summed E-state index contributed by atoms with van der Waals surface area (Å²) in [5.41, 5.74) is 3.80. The Morgan fingerprint density at radius 2 is 1.71 bits per heavy atom. The van der Waals surface area contributed by atoms with Crippen LogP contribution in [-0.2, 0) is 13.0 Å². The molecule has 2 heterocycles. The fourth-order valence-corrected chi connectivity index (χ4v) is 3.53. The third kappa shape index (κ3) is 3.20. The number of ether oxygens (including phenoxy) is 3. The fraction of sp³-hybridized carbons (Fsp3) is 0.400. The highest BCUT2D eigenvalue weighted by Crippen LogP contribution is 2.33. The molecule has 0 saturated carbocycles. The molecule has 0 N–H and O–H groups in total. The molecule has 24 heavy (non-hydrogen) atoms. The van der Waals surface area contributed by atoms with Gasteiger partial charge in [-0.05, 0) is 61.7 Å². The van der Waals surface area contributed by atoms with E-state index in [9.17, 15) is 0 Å². The van der Waals surface area contributed by atoms with Crippen LogP contribution in [-0.4, -0.2) is 31.9 Å². The molecule has 2 aliphatic rings. The normalized spacial score (nSPS) is 16.5. The molecule has 0 spiro atoms. The van der Waals surface area contributed by atoms with Crippen LogP contribution in [0, 0.1) is 0 Å². The largest absolute Gasteiger partial charge is 0.496 e. The van der Waals surface area contributed by atoms with Crippen LogP contribution >= 0.6 is 0 Å². The Bertz CT molecular complexity index is 723. The van der Waals surface area contributed by atoms with Crippen LogP contribution in [0.1, 0.15) is 29.5 Å². The first-order valence-corrected chi connectivity index (χ1v) is 8.58. The molecule has 1 fully saturated rings. The molecule has 0 radical (unpaired) electrons. The van der Waals surface area contributed by atoms with Crippen molar-refractivity contribution in [2.75, 3.05) is 27.0 Å². The molecule has 4 nitrogen and oxygen atoms in total. The molecule has 0 bridgehead atoms. The van der Waals surface area contributed by atoms with Gasteiger partial charge >= 0.3 is 0 Å². The van der Waals surface area contributed by atoms with E-state index in [1.165, 1.54) is 42.6 Å². The molecule has 0 aromatic heterocycles. The number of hydrogen-bond donors (Lipinski definition) is 0. The van der Waals surface area contributed by atoms with Crippen molar-refractivity contribution in [3.8, 4) is 17.2 Å². The van der Waals surface area contributed by atoms with E-state index in [1.54, 1.807) is 7.11 Å². The van der Waals surface area contributed by atoms with Gasteiger partial charge in [-0.2, -0.15) is 0 Å². The molecule has 4 rings (SSSR count). The van der Waals surface area contributed by atoms with Gasteiger partial charge in [0.15, 0.2) is 11.5 Å². The second-order valence-electron chi connectivity index (χ2n) is 6.49. The molecule has 0 atom stereocenters. The maximum Gasteiger partial charge on any atom is 0.231 e. The van der Waals surface area contributed by atoms with E-state index in [1.807, 2.05) is 6.07 Å². The molecular formula is C20H23NO3. The zero-order chi connectivity index (χ0) is 16.4. The predicted molar refractivity (Wildman–Crippen MR) is 92.9 cm³/mol. The molecule has 126 valence electrons. The lowest BCUT2D eigenvalue weighted by Gasteiger charge is -2.18. The summed E-state index contributed by atoms with van der Waals surface area (Å²) in [6.45, 7) is 3.67. The van der Waals surface area contributed by atoms with E-state index in [0.717, 1.165) is 30.2 Å². The zero-order valence-corrected chi connectivity index (χ0v) is 14.1. The van der Waals surface area contributed by atoms with Gasteiger partial charge in [0, 0.05) is 12.1 Å². The lowest BCUT2D eigenvalue weighted by Crippen LogP contribution is -2.18. The highest BCUT2D eigenvalue weighted by molar-refractivity contribution is 5.46. The summed E-state index contributed by atoms with van der Waals surface area (Å²) in [6.07, 6.45) is 3.49. The number of rotatable bonds is 5. The van der Waals surface area contributed by atoms with Gasteiger partial charge in [-0.25, -0.2) is 0 Å². The average Bonchev–Trinajstić information content (AvgIpc) is 3.26. The third-order valence-corrected chi connectivity index (χ3v) is 4.78. The molecular weight excluding hydrogens is 302 g/mol. The van der Waals surface area contributed by atoms with Crippen LogP contribution in [0.15, 0.2) is 36.4 Å². The van der Waals surface area contributed by atoms with Gasteiger partial charge in [0.25, 0.3) is 0 Å². The van der Waals surface area contributed by atoms with Gasteiger partial charge in [-0.1, -0.05) is 18.2 Å². The summed E-state index contributed by atoms with van der Waals surface area (Å²) in [7, 11) is 1.75. The van der Waals surface area contributed by atoms with Crippen LogP contribution < -0.4 is 14.2 Å². The number of methoxy groups -OCH3 is 1. The molecule has 0 amide bonds. The van der Waals surface area contributed by atoms with Crippen LogP contribution in [0.3, 0.4) is 0 Å². The SMILES string of the molecule is COc1ccc(Cc2ccc3c(c2)OCO3)cc1CN1CCCC1. The van der Waals surface area contributed by atoms with E-state index in [-0.39, 0.29) is 0 Å². The van der Waals surface area contributed by atoms with Crippen LogP contribution in [0.25, 0.3) is 0 Å². The minimum atomic E-state index is 0.321. The predicted octanol–water partition coefficient (Wildman–Crippen LogP) is 3.61. The summed E-state index contributed by atoms with van der Waals surface area (Å²) in [4.78, 5) is 2.50. The first-order chi connectivity index (χ1) is 11.8. The minimum Gasteiger partial charge on any atom is -0.496 e. The second kappa shape index (κ2) is 6.73. The number of fused-ring (bicyclic) bond motifs is 1. The number of hydrogen-bond acceptors (Lipinski definition) is 4. The summed E-state index contributed by atoms with van der Waals surface area (Å²) < 4.78 is 16.4. The summed E-state index contributed by atoms with van der Waals surface area (Å²) in [5.74, 6) is 2.66. The van der Waals surface area contributed by atoms with Crippen molar-refractivity contribution in [3.63, 3.8) is 0 Å². The molecule has 2 aromatic rings. The molecule has 0 unspecified atom stereocenters. The average molecular weight is 325 g/mol. The van der Waals surface area contributed by atoms with E-state index < -0.39 is 0 Å². The van der Waals surface area contributed by atoms with Crippen molar-refractivity contribution in [1.82, 2.24) is 4.90 Å². The topological polar surface area (TPSA) is 30.9 Å². The Labute approximate surface area is 142 Å². The smallest absolute Gasteiger partial charge is 0.231 e. The van der Waals surface area contributed by atoms with Crippen LogP contribution in [0.4, 0.5) is 0 Å². The summed E-state index contributed by atoms with van der Waals surface area (Å²) in [6, 6.07) is 12.7. The third-order valence-electron chi connectivity index (χ3n) is 4.78. The van der Waals surface area contributed by atoms with Crippen molar-refractivity contribution in [1.29, 1.82) is 0 Å². The van der Waals surface area contributed by atoms with E-state index in [0.29, 0.717) is 6.79 Å². The summed E-state index contributed by atoms with van der Waals surface area (Å²) in [5, 5.41) is 0. The van der Waals surface area contributed by atoms with Crippen LogP contribution in [0.5, 0.6) is 17.2 Å². The molecule has 0 aliphatic carbocycles. The Morgan fingerprint density at radius 3 is 2.54 bits per heavy atom. The monoisotopic (exact) mass is 325 g/mol. The highest BCUT2D eigenvalue weighted by Gasteiger charge is 2.16. The maximum absolute atomic E-state index is 5.56. The van der Waals surface area contributed by atoms with E-state index >= 15 is 0 Å². The first-order valence-electron chi connectivity index (χ1n) is 8.58. The minimum absolute atomic E-state index is 0.321. The van der Waals surface area contributed by atoms with Gasteiger partial charge in [-0.15, -0.1) is 0 Å². The lowest BCUT2D eigenvalue weighted by atomic mass is 10.0. The first kappa shape index (κ1) is 15.3. The standard InChI is InChI=1S/C20H23NO3/c1-22-18-6-4-15(11-17(18)13-21-8-2-3-9-21)10-16-5-7-19-20(12-16)24-14-23-19/h4-7,11-12H,2-3,8-10,13-14H2,1H3. The molecule has 2 aliphatic heterocycles. The van der Waals surface area contributed by atoms with Gasteiger partial charge < -0.3 is 14.2 Å². The Kier molecular flexibility index (Phi) is 4.30.